The average Bonchev–Trinajstić information content (AvgIpc) is 3.11. The van der Waals surface area contributed by atoms with Crippen LogP contribution in [0.4, 0.5) is 5.69 Å². The van der Waals surface area contributed by atoms with Gasteiger partial charge in [0, 0.05) is 11.3 Å². The summed E-state index contributed by atoms with van der Waals surface area (Å²) in [5, 5.41) is 20.6. The molecule has 33 heavy (non-hydrogen) atoms. The number of aliphatic hydroxyl groups excluding tert-OH is 1. The molecule has 3 aromatic rings. The molecule has 1 saturated heterocycles. The number of Topliss-reactive ketones (excluding diaryl/α,β-unsaturated/α-hetero) is 1. The zero-order valence-corrected chi connectivity index (χ0v) is 18.4. The number of hydrogen-bond acceptors (Lipinski definition) is 5. The zero-order valence-electron chi connectivity index (χ0n) is 17.7. The number of ether oxygens (including phenoxy) is 1. The summed E-state index contributed by atoms with van der Waals surface area (Å²) in [5.74, 6) is -1.53. The highest BCUT2D eigenvalue weighted by molar-refractivity contribution is 6.52. The number of benzene rings is 3. The number of rotatable bonds is 5. The first-order chi connectivity index (χ1) is 16.0. The molecule has 1 amide bonds. The van der Waals surface area contributed by atoms with Crippen LogP contribution in [0.25, 0.3) is 5.76 Å². The third-order valence-electron chi connectivity index (χ3n) is 5.34. The van der Waals surface area contributed by atoms with E-state index >= 15 is 0 Å². The second-order valence-electron chi connectivity index (χ2n) is 7.31. The Kier molecular flexibility index (Phi) is 6.16. The maximum atomic E-state index is 13.2. The highest BCUT2D eigenvalue weighted by Crippen LogP contribution is 2.43. The Morgan fingerprint density at radius 1 is 1.09 bits per heavy atom. The van der Waals surface area contributed by atoms with Gasteiger partial charge in [0.15, 0.2) is 0 Å². The van der Waals surface area contributed by atoms with Crippen molar-refractivity contribution < 1.29 is 19.4 Å². The molecule has 1 N–H and O–H groups in total. The van der Waals surface area contributed by atoms with E-state index in [9.17, 15) is 14.7 Å². The summed E-state index contributed by atoms with van der Waals surface area (Å²) in [7, 11) is 0. The highest BCUT2D eigenvalue weighted by Gasteiger charge is 2.47. The van der Waals surface area contributed by atoms with Gasteiger partial charge >= 0.3 is 0 Å². The monoisotopic (exact) mass is 458 g/mol. The number of carbonyl (C=O) groups is 2. The van der Waals surface area contributed by atoms with Crippen LogP contribution in [0, 0.1) is 11.3 Å². The van der Waals surface area contributed by atoms with E-state index in [1.165, 1.54) is 4.90 Å². The Balaban J connectivity index is 1.93. The van der Waals surface area contributed by atoms with E-state index in [4.69, 9.17) is 21.6 Å². The minimum absolute atomic E-state index is 0.0777. The third kappa shape index (κ3) is 4.07. The largest absolute Gasteiger partial charge is 0.507 e. The lowest BCUT2D eigenvalue weighted by atomic mass is 9.95. The molecule has 0 aliphatic carbocycles. The molecule has 1 unspecified atom stereocenters. The van der Waals surface area contributed by atoms with Crippen molar-refractivity contribution >= 4 is 34.7 Å². The van der Waals surface area contributed by atoms with Crippen molar-refractivity contribution in [2.75, 3.05) is 11.5 Å². The summed E-state index contributed by atoms with van der Waals surface area (Å²) >= 11 is 6.34. The molecule has 1 heterocycles. The van der Waals surface area contributed by atoms with Crippen molar-refractivity contribution in [3.8, 4) is 11.8 Å². The van der Waals surface area contributed by atoms with Crippen LogP contribution in [0.3, 0.4) is 0 Å². The zero-order chi connectivity index (χ0) is 23.5. The predicted octanol–water partition coefficient (Wildman–Crippen LogP) is 5.24. The molecule has 0 spiro atoms. The SMILES string of the molecule is CCOc1ccc(Cl)c(/C(O)=C2\C(=O)C(=O)N(c3ccc(C#N)cc3)C2c2ccccc2)c1. The molecular formula is C26H19ClN2O4. The number of halogens is 1. The fraction of sp³-hybridized carbons (Fsp3) is 0.115. The smallest absolute Gasteiger partial charge is 0.300 e. The lowest BCUT2D eigenvalue weighted by molar-refractivity contribution is -0.132. The molecule has 164 valence electrons. The van der Waals surface area contributed by atoms with Gasteiger partial charge < -0.3 is 9.84 Å². The Morgan fingerprint density at radius 3 is 2.42 bits per heavy atom. The van der Waals surface area contributed by atoms with Crippen LogP contribution in [-0.4, -0.2) is 23.4 Å². The molecule has 0 saturated carbocycles. The molecule has 3 aromatic carbocycles. The highest BCUT2D eigenvalue weighted by atomic mass is 35.5. The summed E-state index contributed by atoms with van der Waals surface area (Å²) in [6.07, 6.45) is 0. The van der Waals surface area contributed by atoms with Gasteiger partial charge in [-0.15, -0.1) is 0 Å². The number of ketones is 1. The summed E-state index contributed by atoms with van der Waals surface area (Å²) < 4.78 is 5.51. The van der Waals surface area contributed by atoms with E-state index in [1.54, 1.807) is 66.7 Å². The number of nitriles is 1. The lowest BCUT2D eigenvalue weighted by Crippen LogP contribution is -2.29. The molecule has 0 aromatic heterocycles. The fourth-order valence-corrected chi connectivity index (χ4v) is 4.04. The van der Waals surface area contributed by atoms with Crippen molar-refractivity contribution in [3.63, 3.8) is 0 Å². The molecule has 0 radical (unpaired) electrons. The fourth-order valence-electron chi connectivity index (χ4n) is 3.83. The van der Waals surface area contributed by atoms with Gasteiger partial charge in [-0.25, -0.2) is 0 Å². The normalized spacial score (nSPS) is 17.1. The van der Waals surface area contributed by atoms with E-state index in [0.717, 1.165) is 0 Å². The van der Waals surface area contributed by atoms with Crippen molar-refractivity contribution in [2.45, 2.75) is 13.0 Å². The topological polar surface area (TPSA) is 90.6 Å². The maximum Gasteiger partial charge on any atom is 0.300 e. The minimum atomic E-state index is -0.883. The summed E-state index contributed by atoms with van der Waals surface area (Å²) in [6.45, 7) is 2.24. The molecule has 1 fully saturated rings. The molecule has 6 nitrogen and oxygen atoms in total. The number of nitrogens with zero attached hydrogens (tertiary/aromatic N) is 2. The first-order valence-electron chi connectivity index (χ1n) is 10.2. The summed E-state index contributed by atoms with van der Waals surface area (Å²) in [6, 6.07) is 21.2. The Hall–Kier alpha value is -4.08. The van der Waals surface area contributed by atoms with Crippen LogP contribution in [0.15, 0.2) is 78.4 Å². The minimum Gasteiger partial charge on any atom is -0.507 e. The van der Waals surface area contributed by atoms with E-state index in [0.29, 0.717) is 29.2 Å². The van der Waals surface area contributed by atoms with E-state index in [-0.39, 0.29) is 21.9 Å². The second-order valence-corrected chi connectivity index (χ2v) is 7.72. The van der Waals surface area contributed by atoms with Gasteiger partial charge in [-0.3, -0.25) is 14.5 Å². The Labute approximate surface area is 195 Å². The molecule has 1 atom stereocenters. The van der Waals surface area contributed by atoms with Crippen molar-refractivity contribution in [1.29, 1.82) is 5.26 Å². The lowest BCUT2D eigenvalue weighted by Gasteiger charge is -2.25. The van der Waals surface area contributed by atoms with Crippen LogP contribution in [0.1, 0.15) is 29.7 Å². The number of amides is 1. The molecule has 0 bridgehead atoms. The van der Waals surface area contributed by atoms with E-state index in [1.807, 2.05) is 19.1 Å². The van der Waals surface area contributed by atoms with Gasteiger partial charge in [0.05, 0.1) is 34.9 Å². The van der Waals surface area contributed by atoms with E-state index in [2.05, 4.69) is 0 Å². The molecule has 1 aliphatic rings. The van der Waals surface area contributed by atoms with Gasteiger partial charge in [-0.2, -0.15) is 5.26 Å². The average molecular weight is 459 g/mol. The number of anilines is 1. The van der Waals surface area contributed by atoms with Crippen LogP contribution in [0.2, 0.25) is 5.02 Å². The third-order valence-corrected chi connectivity index (χ3v) is 5.67. The van der Waals surface area contributed by atoms with Crippen molar-refractivity contribution in [3.05, 3.63) is 100 Å². The molecular weight excluding hydrogens is 440 g/mol. The van der Waals surface area contributed by atoms with Crippen LogP contribution < -0.4 is 9.64 Å². The van der Waals surface area contributed by atoms with Crippen molar-refractivity contribution in [1.82, 2.24) is 0 Å². The van der Waals surface area contributed by atoms with Crippen molar-refractivity contribution in [2.24, 2.45) is 0 Å². The standard InChI is InChI=1S/C26H19ClN2O4/c1-2-33-19-12-13-21(27)20(14-19)24(30)22-23(17-6-4-3-5-7-17)29(26(32)25(22)31)18-10-8-16(15-28)9-11-18/h3-14,23,30H,2H2,1H3/b24-22+. The van der Waals surface area contributed by atoms with Crippen LogP contribution in [0.5, 0.6) is 5.75 Å². The van der Waals surface area contributed by atoms with E-state index < -0.39 is 17.7 Å². The van der Waals surface area contributed by atoms with Gasteiger partial charge in [0.1, 0.15) is 11.5 Å². The van der Waals surface area contributed by atoms with Gasteiger partial charge in [0.2, 0.25) is 0 Å². The quantitative estimate of drug-likeness (QED) is 0.321. The van der Waals surface area contributed by atoms with Crippen LogP contribution >= 0.6 is 11.6 Å². The first-order valence-corrected chi connectivity index (χ1v) is 10.6. The number of aliphatic hydroxyl groups is 1. The number of carbonyl (C=O) groups excluding carboxylic acids is 2. The second kappa shape index (κ2) is 9.19. The molecule has 4 rings (SSSR count). The maximum absolute atomic E-state index is 13.2. The Morgan fingerprint density at radius 2 is 1.79 bits per heavy atom. The number of hydrogen-bond donors (Lipinski definition) is 1. The first kappa shape index (κ1) is 22.1. The van der Waals surface area contributed by atoms with Gasteiger partial charge in [-0.05, 0) is 55.0 Å². The molecule has 7 heteroatoms. The van der Waals surface area contributed by atoms with Gasteiger partial charge in [-0.1, -0.05) is 41.9 Å². The predicted molar refractivity (Wildman–Crippen MR) is 125 cm³/mol. The summed E-state index contributed by atoms with van der Waals surface area (Å²) in [5.41, 5.74) is 1.61. The van der Waals surface area contributed by atoms with Crippen LogP contribution in [-0.2, 0) is 9.59 Å². The summed E-state index contributed by atoms with van der Waals surface area (Å²) in [4.78, 5) is 27.7. The van der Waals surface area contributed by atoms with Gasteiger partial charge in [0.25, 0.3) is 11.7 Å². The molecule has 1 aliphatic heterocycles. The Bertz CT molecular complexity index is 1290.